The van der Waals surface area contributed by atoms with Crippen LogP contribution < -0.4 is 23.7 Å². The Hall–Kier alpha value is -4.26. The second-order valence-electron chi connectivity index (χ2n) is 7.26. The van der Waals surface area contributed by atoms with Crippen molar-refractivity contribution < 1.29 is 28.5 Å². The Morgan fingerprint density at radius 1 is 0.794 bits per heavy atom. The molecule has 0 saturated heterocycles. The summed E-state index contributed by atoms with van der Waals surface area (Å²) in [5.41, 5.74) is 2.28. The van der Waals surface area contributed by atoms with Gasteiger partial charge in [0.15, 0.2) is 23.0 Å². The van der Waals surface area contributed by atoms with Crippen LogP contribution in [0, 0.1) is 0 Å². The second-order valence-corrected chi connectivity index (χ2v) is 7.26. The Labute approximate surface area is 197 Å². The highest BCUT2D eigenvalue weighted by atomic mass is 16.6. The largest absolute Gasteiger partial charge is 0.493 e. The molecule has 0 N–H and O–H groups in total. The van der Waals surface area contributed by atoms with Crippen LogP contribution in [0.2, 0.25) is 0 Å². The van der Waals surface area contributed by atoms with E-state index >= 15 is 0 Å². The van der Waals surface area contributed by atoms with E-state index in [4.69, 9.17) is 28.7 Å². The van der Waals surface area contributed by atoms with Crippen molar-refractivity contribution in [3.8, 4) is 40.0 Å². The monoisotopic (exact) mass is 459 g/mol. The molecule has 0 aliphatic rings. The van der Waals surface area contributed by atoms with Gasteiger partial charge in [-0.1, -0.05) is 30.3 Å². The smallest absolute Gasteiger partial charge is 0.344 e. The highest BCUT2D eigenvalue weighted by molar-refractivity contribution is 6.05. The van der Waals surface area contributed by atoms with E-state index in [1.165, 1.54) is 0 Å². The average molecular weight is 459 g/mol. The number of rotatable bonds is 8. The fourth-order valence-electron chi connectivity index (χ4n) is 3.69. The fourth-order valence-corrected chi connectivity index (χ4v) is 3.69. The number of carbonyl (C=O) groups excluding carboxylic acids is 1. The maximum atomic E-state index is 13.3. The molecular formula is C27H25NO6. The molecule has 0 amide bonds. The Kier molecular flexibility index (Phi) is 6.82. The van der Waals surface area contributed by atoms with Crippen LogP contribution in [-0.4, -0.2) is 38.9 Å². The van der Waals surface area contributed by atoms with Gasteiger partial charge in [-0.05, 0) is 43.3 Å². The van der Waals surface area contributed by atoms with Crippen LogP contribution in [0.25, 0.3) is 22.2 Å². The molecule has 0 aliphatic carbocycles. The number of benzene rings is 3. The summed E-state index contributed by atoms with van der Waals surface area (Å²) in [6.07, 6.45) is 0. The molecule has 0 aliphatic heterocycles. The number of hydrogen-bond donors (Lipinski definition) is 0. The van der Waals surface area contributed by atoms with Crippen molar-refractivity contribution in [2.45, 2.75) is 6.92 Å². The Morgan fingerprint density at radius 3 is 2.09 bits per heavy atom. The van der Waals surface area contributed by atoms with E-state index in [1.807, 2.05) is 37.3 Å². The lowest BCUT2D eigenvalue weighted by molar-refractivity contribution is 0.0730. The first-order valence-electron chi connectivity index (χ1n) is 10.7. The summed E-state index contributed by atoms with van der Waals surface area (Å²) in [5.74, 6) is 1.79. The van der Waals surface area contributed by atoms with Crippen LogP contribution >= 0.6 is 0 Å². The zero-order valence-corrected chi connectivity index (χ0v) is 19.5. The Bertz CT molecular complexity index is 1310. The highest BCUT2D eigenvalue weighted by Gasteiger charge is 2.20. The minimum absolute atomic E-state index is 0.351. The quantitative estimate of drug-likeness (QED) is 0.253. The molecule has 0 unspecified atom stereocenters. The molecule has 4 aromatic rings. The third-order valence-corrected chi connectivity index (χ3v) is 5.25. The van der Waals surface area contributed by atoms with E-state index in [0.717, 1.165) is 0 Å². The summed E-state index contributed by atoms with van der Waals surface area (Å²) in [7, 11) is 4.64. The summed E-state index contributed by atoms with van der Waals surface area (Å²) in [6, 6.07) is 19.8. The van der Waals surface area contributed by atoms with Crippen molar-refractivity contribution in [2.75, 3.05) is 27.9 Å². The first kappa shape index (κ1) is 22.9. The Morgan fingerprint density at radius 2 is 1.44 bits per heavy atom. The molecule has 3 aromatic carbocycles. The van der Waals surface area contributed by atoms with E-state index in [1.54, 1.807) is 57.7 Å². The van der Waals surface area contributed by atoms with Crippen molar-refractivity contribution in [2.24, 2.45) is 0 Å². The van der Waals surface area contributed by atoms with Gasteiger partial charge in [0.25, 0.3) is 0 Å². The van der Waals surface area contributed by atoms with Crippen LogP contribution in [0.1, 0.15) is 17.3 Å². The molecule has 7 heteroatoms. The summed E-state index contributed by atoms with van der Waals surface area (Å²) in [4.78, 5) is 18.1. The van der Waals surface area contributed by atoms with Crippen LogP contribution in [0.5, 0.6) is 28.7 Å². The van der Waals surface area contributed by atoms with Crippen molar-refractivity contribution in [3.05, 3.63) is 72.3 Å². The lowest BCUT2D eigenvalue weighted by Crippen LogP contribution is -2.11. The van der Waals surface area contributed by atoms with Crippen molar-refractivity contribution in [1.82, 2.24) is 4.98 Å². The molecule has 0 atom stereocenters. The normalized spacial score (nSPS) is 10.6. The number of esters is 1. The second kappa shape index (κ2) is 10.1. The van der Waals surface area contributed by atoms with Gasteiger partial charge in [-0.15, -0.1) is 0 Å². The number of aromatic nitrogens is 1. The molecule has 0 fully saturated rings. The average Bonchev–Trinajstić information content (AvgIpc) is 2.88. The van der Waals surface area contributed by atoms with Gasteiger partial charge in [0.1, 0.15) is 0 Å². The molecule has 7 nitrogen and oxygen atoms in total. The summed E-state index contributed by atoms with van der Waals surface area (Å²) in [6.45, 7) is 2.33. The number of hydrogen-bond acceptors (Lipinski definition) is 7. The molecule has 1 heterocycles. The van der Waals surface area contributed by atoms with Gasteiger partial charge < -0.3 is 23.7 Å². The van der Waals surface area contributed by atoms with E-state index < -0.39 is 5.97 Å². The minimum atomic E-state index is -0.514. The van der Waals surface area contributed by atoms with Gasteiger partial charge in [-0.2, -0.15) is 0 Å². The summed E-state index contributed by atoms with van der Waals surface area (Å²) < 4.78 is 27.7. The third-order valence-electron chi connectivity index (χ3n) is 5.25. The first-order valence-corrected chi connectivity index (χ1v) is 10.7. The predicted molar refractivity (Wildman–Crippen MR) is 129 cm³/mol. The zero-order chi connectivity index (χ0) is 24.1. The molecule has 0 saturated carbocycles. The van der Waals surface area contributed by atoms with E-state index in [2.05, 4.69) is 0 Å². The van der Waals surface area contributed by atoms with Gasteiger partial charge in [-0.25, -0.2) is 9.78 Å². The third kappa shape index (κ3) is 4.45. The van der Waals surface area contributed by atoms with Gasteiger partial charge in [0.2, 0.25) is 5.75 Å². The number of ether oxygens (including phenoxy) is 5. The van der Waals surface area contributed by atoms with Gasteiger partial charge in [0, 0.05) is 10.9 Å². The minimum Gasteiger partial charge on any atom is -0.493 e. The van der Waals surface area contributed by atoms with E-state index in [9.17, 15) is 4.79 Å². The molecule has 174 valence electrons. The first-order chi connectivity index (χ1) is 16.6. The van der Waals surface area contributed by atoms with Crippen LogP contribution in [0.15, 0.2) is 66.7 Å². The molecule has 0 spiro atoms. The van der Waals surface area contributed by atoms with Gasteiger partial charge in [-0.3, -0.25) is 0 Å². The number of nitrogens with zero attached hydrogens (tertiary/aromatic N) is 1. The maximum Gasteiger partial charge on any atom is 0.344 e. The number of para-hydroxylation sites is 3. The summed E-state index contributed by atoms with van der Waals surface area (Å²) in [5, 5.41) is 0.678. The Balaban J connectivity index is 1.83. The molecule has 34 heavy (non-hydrogen) atoms. The summed E-state index contributed by atoms with van der Waals surface area (Å²) >= 11 is 0. The topological polar surface area (TPSA) is 76.1 Å². The molecule has 0 bridgehead atoms. The lowest BCUT2D eigenvalue weighted by Gasteiger charge is -2.15. The van der Waals surface area contributed by atoms with Crippen molar-refractivity contribution in [3.63, 3.8) is 0 Å². The van der Waals surface area contributed by atoms with Gasteiger partial charge in [0.05, 0.1) is 44.7 Å². The van der Waals surface area contributed by atoms with Crippen LogP contribution in [-0.2, 0) is 0 Å². The number of fused-ring (bicyclic) bond motifs is 1. The molecule has 1 aromatic heterocycles. The molecule has 0 radical (unpaired) electrons. The van der Waals surface area contributed by atoms with Crippen molar-refractivity contribution in [1.29, 1.82) is 0 Å². The number of pyridine rings is 1. The van der Waals surface area contributed by atoms with Gasteiger partial charge >= 0.3 is 5.97 Å². The number of methoxy groups -OCH3 is 3. The van der Waals surface area contributed by atoms with Crippen LogP contribution in [0.4, 0.5) is 0 Å². The van der Waals surface area contributed by atoms with E-state index in [-0.39, 0.29) is 0 Å². The zero-order valence-electron chi connectivity index (χ0n) is 19.5. The van der Waals surface area contributed by atoms with E-state index in [0.29, 0.717) is 63.1 Å². The fraction of sp³-hybridized carbons (Fsp3) is 0.185. The highest BCUT2D eigenvalue weighted by Crippen LogP contribution is 2.41. The predicted octanol–water partition coefficient (Wildman–Crippen LogP) is 5.55. The maximum absolute atomic E-state index is 13.3. The molecule has 4 rings (SSSR count). The van der Waals surface area contributed by atoms with Crippen LogP contribution in [0.3, 0.4) is 0 Å². The standard InChI is InChI=1S/C27H25NO6/c1-5-33-22-12-8-9-13-23(22)34-27(29)19-16-21(28-20-11-7-6-10-18(19)20)17-14-24(30-2)26(32-4)25(15-17)31-3/h6-16H,5H2,1-4H3. The SMILES string of the molecule is CCOc1ccccc1OC(=O)c1cc(-c2cc(OC)c(OC)c(OC)c2)nc2ccccc12. The molecular weight excluding hydrogens is 434 g/mol. The number of carbonyl (C=O) groups is 1. The van der Waals surface area contributed by atoms with Crippen molar-refractivity contribution >= 4 is 16.9 Å². The lowest BCUT2D eigenvalue weighted by atomic mass is 10.0.